The van der Waals surface area contributed by atoms with Crippen molar-refractivity contribution in [2.45, 2.75) is 99.0 Å². The van der Waals surface area contributed by atoms with Gasteiger partial charge < -0.3 is 109 Å². The van der Waals surface area contributed by atoms with E-state index in [2.05, 4.69) is 51.8 Å². The Bertz CT molecular complexity index is 3900. The number of anilines is 3. The van der Waals surface area contributed by atoms with Gasteiger partial charge in [-0.15, -0.1) is 11.8 Å². The van der Waals surface area contributed by atoms with Crippen LogP contribution < -0.4 is 64.3 Å². The number of carboxylic acids is 3. The van der Waals surface area contributed by atoms with Gasteiger partial charge >= 0.3 is 24.0 Å². The van der Waals surface area contributed by atoms with Gasteiger partial charge in [0.2, 0.25) is 35.5 Å². The number of carboxylic acid groups (broad SMARTS) is 3. The van der Waals surface area contributed by atoms with Crippen LogP contribution in [0, 0.1) is 12.3 Å². The highest BCUT2D eigenvalue weighted by atomic mass is 32.2. The largest absolute Gasteiger partial charge is 0.505 e. The standard InChI is InChI=1S/C54H63N17O20S/c1-21-39(77)38-36(40(78)41(21)89-2)25(19-91-53(58)88)54(90-3)42-30(17-70(38)54)71(42)34(74)18-69-33(73)14-31(48(69)83)92-20-29(50(86)87)66-46(81)28(13-35(75)76)65-45(80)26(5-4-12-59-51(55)56)63-32(72)11-10-27(49(84)85)64-44(79)22-6-8-23(9-7-22)60-15-24-16-61-43-37(62-24)47(82)68-52(57)67-43/h6-9,14,16,19,26-30,42,60,73,77-78,83H,4-5,10-13,15,17-18,20H2,1-3H3,(H2,58,88)(H,63,72)(H,64,79)(H,65,80)(H,66,81)(H,75,76)(H,84,85)(H,86,87)(H4,55,56,59)(H3,57,61,67,68,82)/t26-,27-,28-,29-,30-,42-,54+,71?/m1/s1. The van der Waals surface area contributed by atoms with Crippen molar-refractivity contribution in [3.8, 4) is 29.0 Å². The molecule has 5 aromatic rings. The molecule has 3 aromatic heterocycles. The number of aromatic amines is 1. The molecule has 6 amide bonds. The van der Waals surface area contributed by atoms with Crippen molar-refractivity contribution in [3.63, 3.8) is 0 Å². The summed E-state index contributed by atoms with van der Waals surface area (Å²) in [6.07, 6.45) is -1.42. The van der Waals surface area contributed by atoms with Crippen LogP contribution in [0.5, 0.6) is 29.0 Å². The molecule has 2 fully saturated rings. The van der Waals surface area contributed by atoms with Gasteiger partial charge in [0.25, 0.3) is 11.5 Å². The molecule has 38 heteroatoms. The van der Waals surface area contributed by atoms with E-state index in [-0.39, 0.29) is 93.9 Å². The zero-order chi connectivity index (χ0) is 67.2. The maximum Gasteiger partial charge on any atom is 0.409 e. The smallest absolute Gasteiger partial charge is 0.409 e. The fraction of sp³-hybridized carbons (Fsp3) is 0.370. The number of carbonyl (C=O) groups excluding carboxylic acids is 6. The zero-order valence-corrected chi connectivity index (χ0v) is 49.7. The number of phenolic OH excluding ortho intramolecular Hbond substituents is 2. The number of aliphatic carboxylic acids is 3. The van der Waals surface area contributed by atoms with E-state index < -0.39 is 156 Å². The maximum atomic E-state index is 14.1. The number of piperazine rings is 1. The monoisotopic (exact) mass is 1300 g/mol. The lowest BCUT2D eigenvalue weighted by Crippen LogP contribution is -2.56. The number of nitrogen functional groups attached to an aromatic ring is 1. The van der Waals surface area contributed by atoms with Crippen molar-refractivity contribution in [1.29, 1.82) is 5.41 Å². The minimum atomic E-state index is -2.00. The zero-order valence-electron chi connectivity index (χ0n) is 48.8. The first kappa shape index (κ1) is 66.6. The fourth-order valence-corrected chi connectivity index (χ4v) is 11.7. The van der Waals surface area contributed by atoms with Crippen molar-refractivity contribution in [2.75, 3.05) is 49.0 Å². The molecular formula is C54H63N17O20S. The number of fused-ring (bicyclic) bond motifs is 6. The molecule has 7 atom stereocenters. The summed E-state index contributed by atoms with van der Waals surface area (Å²) in [5, 5.41) is 97.0. The summed E-state index contributed by atoms with van der Waals surface area (Å²) in [6.45, 7) is 0.824. The third-order valence-electron chi connectivity index (χ3n) is 15.1. The molecule has 0 radical (unpaired) electrons. The Kier molecular flexibility index (Phi) is 20.0. The highest BCUT2D eigenvalue weighted by Gasteiger charge is 2.75. The number of carbonyl (C=O) groups is 9. The predicted molar refractivity (Wildman–Crippen MR) is 319 cm³/mol. The molecule has 0 spiro atoms. The average Bonchev–Trinajstić information content (AvgIpc) is 1.49. The average molecular weight is 1300 g/mol. The van der Waals surface area contributed by atoms with Crippen LogP contribution in [0.4, 0.5) is 22.1 Å². The summed E-state index contributed by atoms with van der Waals surface area (Å²) in [7, 11) is 2.53. The molecule has 2 aromatic carbocycles. The Morgan fingerprint density at radius 3 is 2.23 bits per heavy atom. The van der Waals surface area contributed by atoms with Crippen LogP contribution in [0.1, 0.15) is 59.3 Å². The Hall–Kier alpha value is -11.3. The van der Waals surface area contributed by atoms with E-state index >= 15 is 0 Å². The third kappa shape index (κ3) is 14.1. The molecular weight excluding hydrogens is 1240 g/mol. The van der Waals surface area contributed by atoms with E-state index in [1.54, 1.807) is 4.90 Å². The lowest BCUT2D eigenvalue weighted by Gasteiger charge is -2.37. The van der Waals surface area contributed by atoms with Crippen molar-refractivity contribution in [1.82, 2.24) is 56.0 Å². The Morgan fingerprint density at radius 1 is 0.902 bits per heavy atom. The second kappa shape index (κ2) is 27.6. The molecule has 3 aliphatic rings. The van der Waals surface area contributed by atoms with Gasteiger partial charge in [-0.05, 0) is 50.5 Å². The van der Waals surface area contributed by atoms with Crippen LogP contribution in [0.3, 0.4) is 0 Å². The molecule has 0 unspecified atom stereocenters. The highest BCUT2D eigenvalue weighted by Crippen LogP contribution is 2.66. The predicted octanol–water partition coefficient (Wildman–Crippen LogP) is -2.23. The number of nitrogens with two attached hydrogens (primary N) is 3. The number of aromatic hydroxyl groups is 4. The molecule has 21 N–H and O–H groups in total. The highest BCUT2D eigenvalue weighted by molar-refractivity contribution is 7.99. The molecule has 0 saturated carbocycles. The molecule has 37 nitrogen and oxygen atoms in total. The second-order valence-electron chi connectivity index (χ2n) is 20.9. The van der Waals surface area contributed by atoms with E-state index in [9.17, 15) is 83.7 Å². The SMILES string of the molecule is COc1c(C)c(O)c2c(c1O)C(=COC(N)=O)[C@]1(OC)[C@H]3[C@@H](CN21)N3C(=O)Cn1c(O)cc(SC[C@@H](NC(=O)[C@@H](CC(=O)O)NC(=O)[C@@H](CCCNC(=N)N)NC(=O)CC[C@@H](NC(=O)c2ccc(NCc3cnc4nc(N)[nH]c(=O)c4n3)cc2)C(=O)O)C(=O)O)c1O. The topological polar surface area (TPSA) is 580 Å². The first-order valence-electron chi connectivity index (χ1n) is 27.6. The number of ether oxygens (including phenoxy) is 3. The number of hydrogen-bond acceptors (Lipinski definition) is 25. The number of guanidine groups is 1. The summed E-state index contributed by atoms with van der Waals surface area (Å²) < 4.78 is 17.2. The van der Waals surface area contributed by atoms with E-state index in [0.29, 0.717) is 23.1 Å². The minimum Gasteiger partial charge on any atom is -0.505 e. The van der Waals surface area contributed by atoms with Crippen molar-refractivity contribution in [2.24, 2.45) is 11.5 Å². The van der Waals surface area contributed by atoms with Crippen molar-refractivity contribution in [3.05, 3.63) is 75.5 Å². The van der Waals surface area contributed by atoms with Crippen LogP contribution >= 0.6 is 11.8 Å². The summed E-state index contributed by atoms with van der Waals surface area (Å²) in [6, 6.07) is -1.90. The number of aromatic nitrogens is 5. The molecule has 3 aliphatic heterocycles. The number of hydrogen-bond donors (Lipinski definition) is 18. The van der Waals surface area contributed by atoms with Crippen LogP contribution in [-0.2, 0) is 56.1 Å². The number of H-pyrrole nitrogens is 1. The first-order valence-corrected chi connectivity index (χ1v) is 28.6. The summed E-state index contributed by atoms with van der Waals surface area (Å²) in [5.74, 6) is -13.3. The summed E-state index contributed by atoms with van der Waals surface area (Å²) in [5.41, 5.74) is 15.0. The number of methoxy groups -OCH3 is 2. The van der Waals surface area contributed by atoms with Gasteiger partial charge in [-0.3, -0.25) is 48.5 Å². The van der Waals surface area contributed by atoms with Crippen LogP contribution in [0.15, 0.2) is 52.5 Å². The van der Waals surface area contributed by atoms with Gasteiger partial charge in [0.1, 0.15) is 48.8 Å². The second-order valence-corrected chi connectivity index (χ2v) is 22.0. The molecule has 6 heterocycles. The number of nitrogens with zero attached hydrogens (tertiary/aromatic N) is 6. The van der Waals surface area contributed by atoms with Crippen molar-refractivity contribution < 1.29 is 93.1 Å². The summed E-state index contributed by atoms with van der Waals surface area (Å²) >= 11 is 0.576. The first-order chi connectivity index (χ1) is 43.6. The Labute approximate surface area is 522 Å². The fourth-order valence-electron chi connectivity index (χ4n) is 10.7. The normalized spacial score (nSPS) is 17.6. The maximum absolute atomic E-state index is 14.1. The van der Waals surface area contributed by atoms with Gasteiger partial charge in [-0.25, -0.2) is 24.4 Å². The Balaban J connectivity index is 0.870. The Morgan fingerprint density at radius 2 is 1.59 bits per heavy atom. The van der Waals surface area contributed by atoms with E-state index in [4.69, 9.17) is 36.8 Å². The number of primary amides is 1. The molecule has 490 valence electrons. The third-order valence-corrected chi connectivity index (χ3v) is 16.2. The number of rotatable bonds is 29. The van der Waals surface area contributed by atoms with Crippen LogP contribution in [0.2, 0.25) is 0 Å². The molecule has 0 bridgehead atoms. The number of thioether (sulfide) groups is 1. The van der Waals surface area contributed by atoms with Gasteiger partial charge in [0, 0.05) is 55.3 Å². The van der Waals surface area contributed by atoms with Gasteiger partial charge in [0.15, 0.2) is 40.2 Å². The van der Waals surface area contributed by atoms with Gasteiger partial charge in [0.05, 0.1) is 59.7 Å². The number of nitrogens with one attached hydrogen (secondary N) is 8. The molecule has 8 rings (SSSR count). The number of amides is 6. The number of phenols is 2. The lowest BCUT2D eigenvalue weighted by molar-refractivity contribution is -0.143. The van der Waals surface area contributed by atoms with E-state index in [1.807, 2.05) is 0 Å². The van der Waals surface area contributed by atoms with Gasteiger partial charge in [-0.1, -0.05) is 0 Å². The molecule has 0 aliphatic carbocycles. The number of benzene rings is 2. The molecule has 92 heavy (non-hydrogen) atoms. The van der Waals surface area contributed by atoms with Crippen LogP contribution in [-0.4, -0.2) is 200 Å². The molecule has 2 saturated heterocycles. The quantitative estimate of drug-likeness (QED) is 0.00458. The van der Waals surface area contributed by atoms with Crippen LogP contribution in [0.25, 0.3) is 16.7 Å². The van der Waals surface area contributed by atoms with Crippen molar-refractivity contribution >= 4 is 105 Å². The summed E-state index contributed by atoms with van der Waals surface area (Å²) in [4.78, 5) is 147. The lowest BCUT2D eigenvalue weighted by atomic mass is 9.95. The van der Waals surface area contributed by atoms with E-state index in [1.165, 1.54) is 56.5 Å². The van der Waals surface area contributed by atoms with E-state index in [0.717, 1.165) is 16.9 Å². The van der Waals surface area contributed by atoms with Gasteiger partial charge in [-0.2, -0.15) is 4.98 Å². The minimum absolute atomic E-state index is 0.0125.